The normalized spacial score (nSPS) is 9.95. The highest BCUT2D eigenvalue weighted by Crippen LogP contribution is 2.30. The standard InChI is InChI=1S/C15H12ClNO2/c1-18-10-11-4-2-5-12(8-11)19-15-7-3-6-14(16)13(15)9-17/h2-8H,10H2,1H3. The number of hydrogen-bond donors (Lipinski definition) is 0. The van der Waals surface area contributed by atoms with E-state index < -0.39 is 0 Å². The first-order valence-electron chi connectivity index (χ1n) is 5.69. The zero-order chi connectivity index (χ0) is 13.7. The van der Waals surface area contributed by atoms with Crippen LogP contribution in [0.3, 0.4) is 0 Å². The van der Waals surface area contributed by atoms with Gasteiger partial charge in [0.1, 0.15) is 23.1 Å². The van der Waals surface area contributed by atoms with Gasteiger partial charge in [-0.25, -0.2) is 0 Å². The summed E-state index contributed by atoms with van der Waals surface area (Å²) in [5.41, 5.74) is 1.34. The van der Waals surface area contributed by atoms with Crippen LogP contribution in [0.2, 0.25) is 5.02 Å². The van der Waals surface area contributed by atoms with Gasteiger partial charge in [-0.2, -0.15) is 5.26 Å². The third kappa shape index (κ3) is 3.25. The highest BCUT2D eigenvalue weighted by molar-refractivity contribution is 6.31. The third-order valence-electron chi connectivity index (χ3n) is 2.52. The summed E-state index contributed by atoms with van der Waals surface area (Å²) in [7, 11) is 1.64. The molecule has 0 bridgehead atoms. The molecule has 2 aromatic carbocycles. The van der Waals surface area contributed by atoms with E-state index in [4.69, 9.17) is 26.3 Å². The van der Waals surface area contributed by atoms with Gasteiger partial charge in [0.25, 0.3) is 0 Å². The van der Waals surface area contributed by atoms with Crippen LogP contribution >= 0.6 is 11.6 Å². The number of hydrogen-bond acceptors (Lipinski definition) is 3. The van der Waals surface area contributed by atoms with E-state index in [9.17, 15) is 0 Å². The molecule has 2 aromatic rings. The van der Waals surface area contributed by atoms with Gasteiger partial charge in [0.15, 0.2) is 0 Å². The summed E-state index contributed by atoms with van der Waals surface area (Å²) in [6, 6.07) is 14.7. The molecule has 19 heavy (non-hydrogen) atoms. The van der Waals surface area contributed by atoms with Gasteiger partial charge in [0.2, 0.25) is 0 Å². The van der Waals surface area contributed by atoms with E-state index in [1.54, 1.807) is 25.3 Å². The molecule has 2 rings (SSSR count). The fourth-order valence-electron chi connectivity index (χ4n) is 1.69. The molecule has 0 spiro atoms. The van der Waals surface area contributed by atoms with Crippen LogP contribution in [0.4, 0.5) is 0 Å². The van der Waals surface area contributed by atoms with Crippen molar-refractivity contribution in [2.45, 2.75) is 6.61 Å². The predicted octanol–water partition coefficient (Wildman–Crippen LogP) is 4.15. The highest BCUT2D eigenvalue weighted by Gasteiger charge is 2.08. The van der Waals surface area contributed by atoms with Crippen LogP contribution in [0.1, 0.15) is 11.1 Å². The first-order chi connectivity index (χ1) is 9.24. The molecule has 0 fully saturated rings. The van der Waals surface area contributed by atoms with Crippen LogP contribution in [-0.4, -0.2) is 7.11 Å². The number of ether oxygens (including phenoxy) is 2. The Balaban J connectivity index is 2.29. The lowest BCUT2D eigenvalue weighted by atomic mass is 10.2. The Morgan fingerprint density at radius 3 is 2.74 bits per heavy atom. The van der Waals surface area contributed by atoms with Crippen LogP contribution in [0.15, 0.2) is 42.5 Å². The Labute approximate surface area is 117 Å². The zero-order valence-corrected chi connectivity index (χ0v) is 11.1. The molecule has 0 atom stereocenters. The fourth-order valence-corrected chi connectivity index (χ4v) is 1.90. The second kappa shape index (κ2) is 6.24. The largest absolute Gasteiger partial charge is 0.456 e. The third-order valence-corrected chi connectivity index (χ3v) is 2.84. The average molecular weight is 274 g/mol. The molecular formula is C15H12ClNO2. The number of rotatable bonds is 4. The molecule has 96 valence electrons. The number of methoxy groups -OCH3 is 1. The van der Waals surface area contributed by atoms with Crippen molar-refractivity contribution in [3.8, 4) is 17.6 Å². The molecule has 0 saturated carbocycles. The molecular weight excluding hydrogens is 262 g/mol. The maximum atomic E-state index is 9.08. The molecule has 3 nitrogen and oxygen atoms in total. The lowest BCUT2D eigenvalue weighted by Gasteiger charge is -2.09. The van der Waals surface area contributed by atoms with Crippen LogP contribution in [0.25, 0.3) is 0 Å². The summed E-state index contributed by atoms with van der Waals surface area (Å²) < 4.78 is 10.8. The number of benzene rings is 2. The molecule has 0 heterocycles. The summed E-state index contributed by atoms with van der Waals surface area (Å²) >= 11 is 5.95. The van der Waals surface area contributed by atoms with Crippen LogP contribution in [-0.2, 0) is 11.3 Å². The van der Waals surface area contributed by atoms with Crippen LogP contribution < -0.4 is 4.74 Å². The van der Waals surface area contributed by atoms with Crippen molar-refractivity contribution in [1.82, 2.24) is 0 Å². The van der Waals surface area contributed by atoms with Gasteiger partial charge in [-0.3, -0.25) is 0 Å². The van der Waals surface area contributed by atoms with Crippen molar-refractivity contribution in [3.05, 3.63) is 58.6 Å². The van der Waals surface area contributed by atoms with Gasteiger partial charge in [0, 0.05) is 7.11 Å². The average Bonchev–Trinajstić information content (AvgIpc) is 2.40. The van der Waals surface area contributed by atoms with Crippen LogP contribution in [0.5, 0.6) is 11.5 Å². The Morgan fingerprint density at radius 1 is 1.21 bits per heavy atom. The van der Waals surface area contributed by atoms with Gasteiger partial charge in [0.05, 0.1) is 11.6 Å². The number of nitrogens with zero attached hydrogens (tertiary/aromatic N) is 1. The van der Waals surface area contributed by atoms with E-state index in [1.165, 1.54) is 0 Å². The zero-order valence-electron chi connectivity index (χ0n) is 10.4. The van der Waals surface area contributed by atoms with Gasteiger partial charge >= 0.3 is 0 Å². The minimum absolute atomic E-state index is 0.335. The summed E-state index contributed by atoms with van der Waals surface area (Å²) in [5.74, 6) is 1.10. The van der Waals surface area contributed by atoms with E-state index in [0.717, 1.165) is 5.56 Å². The van der Waals surface area contributed by atoms with Crippen molar-refractivity contribution >= 4 is 11.6 Å². The van der Waals surface area contributed by atoms with E-state index in [1.807, 2.05) is 30.3 Å². The fraction of sp³-hybridized carbons (Fsp3) is 0.133. The predicted molar refractivity (Wildman–Crippen MR) is 73.4 cm³/mol. The van der Waals surface area contributed by atoms with Gasteiger partial charge < -0.3 is 9.47 Å². The maximum absolute atomic E-state index is 9.08. The molecule has 0 aliphatic heterocycles. The Morgan fingerprint density at radius 2 is 2.00 bits per heavy atom. The first kappa shape index (κ1) is 13.4. The van der Waals surface area contributed by atoms with Crippen molar-refractivity contribution in [3.63, 3.8) is 0 Å². The van der Waals surface area contributed by atoms with Crippen molar-refractivity contribution in [2.75, 3.05) is 7.11 Å². The summed E-state index contributed by atoms with van der Waals surface area (Å²) in [5, 5.41) is 9.46. The van der Waals surface area contributed by atoms with E-state index in [2.05, 4.69) is 0 Å². The molecule has 0 aliphatic carbocycles. The minimum atomic E-state index is 0.335. The molecule has 4 heteroatoms. The molecule has 0 unspecified atom stereocenters. The van der Waals surface area contributed by atoms with E-state index in [0.29, 0.717) is 28.7 Å². The van der Waals surface area contributed by atoms with Crippen molar-refractivity contribution in [2.24, 2.45) is 0 Å². The Kier molecular flexibility index (Phi) is 4.40. The summed E-state index contributed by atoms with van der Waals surface area (Å²) in [6.07, 6.45) is 0. The topological polar surface area (TPSA) is 42.2 Å². The number of halogens is 1. The van der Waals surface area contributed by atoms with Gasteiger partial charge in [-0.05, 0) is 29.8 Å². The highest BCUT2D eigenvalue weighted by atomic mass is 35.5. The first-order valence-corrected chi connectivity index (χ1v) is 6.06. The van der Waals surface area contributed by atoms with Gasteiger partial charge in [-0.15, -0.1) is 0 Å². The molecule has 0 aliphatic rings. The summed E-state index contributed by atoms with van der Waals surface area (Å²) in [4.78, 5) is 0. The quantitative estimate of drug-likeness (QED) is 0.840. The molecule has 0 saturated heterocycles. The molecule has 0 radical (unpaired) electrons. The maximum Gasteiger partial charge on any atom is 0.146 e. The van der Waals surface area contributed by atoms with E-state index in [-0.39, 0.29) is 0 Å². The Bertz CT molecular complexity index is 620. The molecule has 0 N–H and O–H groups in total. The molecule has 0 amide bonds. The van der Waals surface area contributed by atoms with Crippen LogP contribution in [0, 0.1) is 11.3 Å². The van der Waals surface area contributed by atoms with Crippen molar-refractivity contribution < 1.29 is 9.47 Å². The Hall–Kier alpha value is -2.02. The van der Waals surface area contributed by atoms with Gasteiger partial charge in [-0.1, -0.05) is 29.8 Å². The smallest absolute Gasteiger partial charge is 0.146 e. The monoisotopic (exact) mass is 273 g/mol. The SMILES string of the molecule is COCc1cccc(Oc2cccc(Cl)c2C#N)c1. The summed E-state index contributed by atoms with van der Waals surface area (Å²) in [6.45, 7) is 0.512. The minimum Gasteiger partial charge on any atom is -0.456 e. The second-order valence-electron chi connectivity index (χ2n) is 3.91. The molecule has 0 aromatic heterocycles. The lowest BCUT2D eigenvalue weighted by Crippen LogP contribution is -1.91. The van der Waals surface area contributed by atoms with Crippen molar-refractivity contribution in [1.29, 1.82) is 5.26 Å². The van der Waals surface area contributed by atoms with E-state index >= 15 is 0 Å². The lowest BCUT2D eigenvalue weighted by molar-refractivity contribution is 0.184. The number of nitriles is 1. The second-order valence-corrected chi connectivity index (χ2v) is 4.31.